The monoisotopic (exact) mass is 277 g/mol. The minimum Gasteiger partial charge on any atom is -0.481 e. The van der Waals surface area contributed by atoms with Gasteiger partial charge in [-0.1, -0.05) is 6.42 Å². The third-order valence-electron chi connectivity index (χ3n) is 3.76. The molecule has 1 fully saturated rings. The molecule has 104 valence electrons. The van der Waals surface area contributed by atoms with Gasteiger partial charge in [-0.25, -0.2) is 9.07 Å². The molecule has 0 saturated heterocycles. The van der Waals surface area contributed by atoms with Gasteiger partial charge in [-0.3, -0.25) is 9.78 Å². The molecule has 0 unspecified atom stereocenters. The van der Waals surface area contributed by atoms with Crippen LogP contribution in [0.5, 0.6) is 0 Å². The normalized spacial score (nSPS) is 16.6. The van der Waals surface area contributed by atoms with Crippen molar-refractivity contribution in [3.8, 4) is 11.4 Å². The van der Waals surface area contributed by atoms with Gasteiger partial charge in [-0.15, -0.1) is 5.10 Å². The first-order chi connectivity index (χ1) is 9.62. The molecule has 0 aliphatic heterocycles. The number of carbonyl (C=O) groups is 1. The second kappa shape index (κ2) is 4.62. The molecule has 2 aromatic rings. The molecule has 7 nitrogen and oxygen atoms in total. The van der Waals surface area contributed by atoms with Gasteiger partial charge >= 0.3 is 5.97 Å². The van der Waals surface area contributed by atoms with Crippen molar-refractivity contribution in [1.82, 2.24) is 25.2 Å². The Kier molecular flexibility index (Phi) is 2.92. The molecule has 3 rings (SSSR count). The summed E-state index contributed by atoms with van der Waals surface area (Å²) in [4.78, 5) is 15.0. The molecule has 2 aromatic heterocycles. The predicted octanol–water partition coefficient (Wildman–Crippen LogP) is 1.13. The average Bonchev–Trinajstić information content (AvgIpc) is 2.81. The smallest absolute Gasteiger partial charge is 0.311 e. The Morgan fingerprint density at radius 3 is 2.90 bits per heavy atom. The van der Waals surface area contributed by atoms with Crippen molar-refractivity contribution in [1.29, 1.82) is 0 Å². The van der Waals surface area contributed by atoms with E-state index < -0.39 is 17.2 Å². The molecule has 8 heteroatoms. The van der Waals surface area contributed by atoms with Crippen LogP contribution in [-0.4, -0.2) is 36.3 Å². The lowest BCUT2D eigenvalue weighted by atomic mass is 9.69. The van der Waals surface area contributed by atoms with Crippen molar-refractivity contribution >= 4 is 5.97 Å². The second-order valence-electron chi connectivity index (χ2n) is 4.95. The first kappa shape index (κ1) is 12.6. The van der Waals surface area contributed by atoms with E-state index in [1.54, 1.807) is 0 Å². The minimum atomic E-state index is -0.861. The number of carboxylic acids is 1. The van der Waals surface area contributed by atoms with E-state index in [4.69, 9.17) is 0 Å². The van der Waals surface area contributed by atoms with Gasteiger partial charge in [0.2, 0.25) is 0 Å². The number of nitrogens with zero attached hydrogens (tertiary/aromatic N) is 5. The zero-order chi connectivity index (χ0) is 14.2. The number of aromatic nitrogens is 5. The Labute approximate surface area is 113 Å². The molecule has 1 aliphatic carbocycles. The first-order valence-corrected chi connectivity index (χ1v) is 6.22. The molecule has 0 aromatic carbocycles. The largest absolute Gasteiger partial charge is 0.481 e. The first-order valence-electron chi connectivity index (χ1n) is 6.22. The van der Waals surface area contributed by atoms with Gasteiger partial charge in [-0.2, -0.15) is 0 Å². The third kappa shape index (κ3) is 1.93. The summed E-state index contributed by atoms with van der Waals surface area (Å²) in [6.45, 7) is 0.145. The van der Waals surface area contributed by atoms with E-state index >= 15 is 0 Å². The number of rotatable bonds is 4. The summed E-state index contributed by atoms with van der Waals surface area (Å²) in [5.74, 6) is -1.18. The quantitative estimate of drug-likeness (QED) is 0.900. The minimum absolute atomic E-state index is 0.145. The van der Waals surface area contributed by atoms with E-state index in [0.29, 0.717) is 12.8 Å². The van der Waals surface area contributed by atoms with Crippen LogP contribution in [0.1, 0.15) is 19.3 Å². The Balaban J connectivity index is 1.95. The van der Waals surface area contributed by atoms with E-state index in [-0.39, 0.29) is 17.9 Å². The molecule has 2 heterocycles. The fourth-order valence-electron chi connectivity index (χ4n) is 2.39. The number of carboxylic acid groups (broad SMARTS) is 1. The summed E-state index contributed by atoms with van der Waals surface area (Å²) < 4.78 is 15.1. The van der Waals surface area contributed by atoms with Gasteiger partial charge in [0, 0.05) is 6.20 Å². The number of tetrazole rings is 1. The molecule has 1 N–H and O–H groups in total. The zero-order valence-corrected chi connectivity index (χ0v) is 10.5. The number of hydrogen-bond acceptors (Lipinski definition) is 5. The molecular weight excluding hydrogens is 265 g/mol. The highest BCUT2D eigenvalue weighted by atomic mass is 19.1. The van der Waals surface area contributed by atoms with Gasteiger partial charge in [0.1, 0.15) is 0 Å². The van der Waals surface area contributed by atoms with Crippen molar-refractivity contribution < 1.29 is 14.3 Å². The molecule has 0 bridgehead atoms. The van der Waals surface area contributed by atoms with Crippen molar-refractivity contribution in [3.05, 3.63) is 24.3 Å². The average molecular weight is 277 g/mol. The van der Waals surface area contributed by atoms with Gasteiger partial charge in [0.25, 0.3) is 0 Å². The van der Waals surface area contributed by atoms with E-state index in [1.807, 2.05) is 0 Å². The second-order valence-corrected chi connectivity index (χ2v) is 4.95. The van der Waals surface area contributed by atoms with Crippen molar-refractivity contribution in [2.45, 2.75) is 25.8 Å². The van der Waals surface area contributed by atoms with Crippen LogP contribution in [-0.2, 0) is 11.3 Å². The highest BCUT2D eigenvalue weighted by Gasteiger charge is 2.45. The van der Waals surface area contributed by atoms with E-state index in [0.717, 1.165) is 12.6 Å². The van der Waals surface area contributed by atoms with Crippen LogP contribution in [0, 0.1) is 11.2 Å². The van der Waals surface area contributed by atoms with Crippen LogP contribution in [0.15, 0.2) is 18.5 Å². The molecule has 0 spiro atoms. The molecule has 0 atom stereocenters. The van der Waals surface area contributed by atoms with Crippen molar-refractivity contribution in [3.63, 3.8) is 0 Å². The van der Waals surface area contributed by atoms with Crippen LogP contribution < -0.4 is 0 Å². The SMILES string of the molecule is O=C(O)C1(Cn2nnnc2-c2ccncc2F)CCC1. The number of pyridine rings is 1. The highest BCUT2D eigenvalue weighted by molar-refractivity contribution is 5.75. The van der Waals surface area contributed by atoms with E-state index in [2.05, 4.69) is 20.5 Å². The Morgan fingerprint density at radius 2 is 2.30 bits per heavy atom. The molecule has 20 heavy (non-hydrogen) atoms. The van der Waals surface area contributed by atoms with Gasteiger partial charge in [-0.05, 0) is 29.3 Å². The fourth-order valence-corrected chi connectivity index (χ4v) is 2.39. The maximum atomic E-state index is 13.7. The van der Waals surface area contributed by atoms with Crippen LogP contribution in [0.3, 0.4) is 0 Å². The van der Waals surface area contributed by atoms with Crippen LogP contribution in [0.4, 0.5) is 4.39 Å². The molecule has 1 saturated carbocycles. The Morgan fingerprint density at radius 1 is 1.50 bits per heavy atom. The summed E-state index contributed by atoms with van der Waals surface area (Å²) in [5.41, 5.74) is -0.627. The standard InChI is InChI=1S/C12H12FN5O2/c13-9-6-14-5-2-8(9)10-15-16-17-18(10)7-12(11(19)20)3-1-4-12/h2,5-6H,1,3-4,7H2,(H,19,20). The topological polar surface area (TPSA) is 93.8 Å². The predicted molar refractivity (Wildman–Crippen MR) is 64.9 cm³/mol. The van der Waals surface area contributed by atoms with E-state index in [1.165, 1.54) is 16.9 Å². The summed E-state index contributed by atoms with van der Waals surface area (Å²) in [6, 6.07) is 1.46. The third-order valence-corrected chi connectivity index (χ3v) is 3.76. The lowest BCUT2D eigenvalue weighted by molar-refractivity contribution is -0.156. The summed E-state index contributed by atoms with van der Waals surface area (Å²) in [5, 5.41) is 20.4. The van der Waals surface area contributed by atoms with Crippen molar-refractivity contribution in [2.24, 2.45) is 5.41 Å². The molecule has 0 amide bonds. The number of hydrogen-bond donors (Lipinski definition) is 1. The maximum absolute atomic E-state index is 13.7. The van der Waals surface area contributed by atoms with Crippen LogP contribution in [0.25, 0.3) is 11.4 Å². The maximum Gasteiger partial charge on any atom is 0.311 e. The van der Waals surface area contributed by atoms with Crippen molar-refractivity contribution in [2.75, 3.05) is 0 Å². The molecule has 0 radical (unpaired) electrons. The number of aliphatic carboxylic acids is 1. The zero-order valence-electron chi connectivity index (χ0n) is 10.5. The van der Waals surface area contributed by atoms with Crippen LogP contribution in [0.2, 0.25) is 0 Å². The highest BCUT2D eigenvalue weighted by Crippen LogP contribution is 2.43. The van der Waals surface area contributed by atoms with Gasteiger partial charge in [0.15, 0.2) is 11.6 Å². The fraction of sp³-hybridized carbons (Fsp3) is 0.417. The van der Waals surface area contributed by atoms with Crippen LogP contribution >= 0.6 is 0 Å². The number of halogens is 1. The lowest BCUT2D eigenvalue weighted by Crippen LogP contribution is -2.42. The van der Waals surface area contributed by atoms with Gasteiger partial charge in [0.05, 0.1) is 23.7 Å². The molecular formula is C12H12FN5O2. The Bertz CT molecular complexity index is 653. The summed E-state index contributed by atoms with van der Waals surface area (Å²) in [6.07, 6.45) is 4.55. The summed E-state index contributed by atoms with van der Waals surface area (Å²) >= 11 is 0. The lowest BCUT2D eigenvalue weighted by Gasteiger charge is -2.37. The van der Waals surface area contributed by atoms with E-state index in [9.17, 15) is 14.3 Å². The molecule has 1 aliphatic rings. The van der Waals surface area contributed by atoms with Gasteiger partial charge < -0.3 is 5.11 Å². The Hall–Kier alpha value is -2.38. The summed E-state index contributed by atoms with van der Waals surface area (Å²) in [7, 11) is 0.